The van der Waals surface area contributed by atoms with Crippen molar-refractivity contribution in [3.05, 3.63) is 52.3 Å². The first-order chi connectivity index (χ1) is 11.3. The van der Waals surface area contributed by atoms with Gasteiger partial charge in [-0.3, -0.25) is 0 Å². The van der Waals surface area contributed by atoms with Crippen molar-refractivity contribution in [3.63, 3.8) is 0 Å². The average molecular weight is 352 g/mol. The molecule has 4 nitrogen and oxygen atoms in total. The van der Waals surface area contributed by atoms with Crippen LogP contribution < -0.4 is 0 Å². The highest BCUT2D eigenvalue weighted by Gasteiger charge is 2.30. The highest BCUT2D eigenvalue weighted by molar-refractivity contribution is 7.98. The molecule has 0 radical (unpaired) electrons. The molecule has 0 unspecified atom stereocenters. The minimum atomic E-state index is -4.34. The molecule has 0 bridgehead atoms. The average Bonchev–Trinajstić information content (AvgIpc) is 2.93. The van der Waals surface area contributed by atoms with Gasteiger partial charge in [0, 0.05) is 17.1 Å². The maximum Gasteiger partial charge on any atom is 0.416 e. The molecule has 0 saturated heterocycles. The molecule has 3 aromatic rings. The van der Waals surface area contributed by atoms with E-state index in [4.69, 9.17) is 0 Å². The Morgan fingerprint density at radius 1 is 1.12 bits per heavy atom. The zero-order valence-corrected chi connectivity index (χ0v) is 14.2. The second kappa shape index (κ2) is 6.08. The molecule has 8 heteroatoms. The molecule has 0 atom stereocenters. The lowest BCUT2D eigenvalue weighted by Crippen LogP contribution is -2.04. The minimum absolute atomic E-state index is 0.359. The standard InChI is InChI=1S/C16H15F3N4S/c1-9-10(2)20-14-21-15(22-23(14)11(9)3)24-8-12-5-4-6-13(7-12)16(17,18)19/h4-7H,8H2,1-3H3. The van der Waals surface area contributed by atoms with Gasteiger partial charge < -0.3 is 0 Å². The van der Waals surface area contributed by atoms with Gasteiger partial charge in [-0.2, -0.15) is 18.2 Å². The first-order valence-corrected chi connectivity index (χ1v) is 8.24. The number of halogens is 3. The first-order valence-electron chi connectivity index (χ1n) is 7.25. The van der Waals surface area contributed by atoms with E-state index in [-0.39, 0.29) is 0 Å². The maximum absolute atomic E-state index is 12.7. The van der Waals surface area contributed by atoms with Crippen LogP contribution in [0.1, 0.15) is 28.1 Å². The number of benzene rings is 1. The summed E-state index contributed by atoms with van der Waals surface area (Å²) in [7, 11) is 0. The summed E-state index contributed by atoms with van der Waals surface area (Å²) in [4.78, 5) is 8.73. The maximum atomic E-state index is 12.7. The van der Waals surface area contributed by atoms with Crippen LogP contribution in [0.15, 0.2) is 29.4 Å². The van der Waals surface area contributed by atoms with E-state index >= 15 is 0 Å². The highest BCUT2D eigenvalue weighted by atomic mass is 32.2. The number of rotatable bonds is 3. The van der Waals surface area contributed by atoms with Crippen LogP contribution in [-0.4, -0.2) is 19.6 Å². The van der Waals surface area contributed by atoms with E-state index in [2.05, 4.69) is 15.1 Å². The fraction of sp³-hybridized carbons (Fsp3) is 0.312. The lowest BCUT2D eigenvalue weighted by Gasteiger charge is -2.07. The van der Waals surface area contributed by atoms with E-state index in [1.165, 1.54) is 17.8 Å². The zero-order chi connectivity index (χ0) is 17.5. The van der Waals surface area contributed by atoms with E-state index < -0.39 is 11.7 Å². The second-order valence-electron chi connectivity index (χ2n) is 5.50. The van der Waals surface area contributed by atoms with E-state index in [9.17, 15) is 13.2 Å². The molecule has 0 amide bonds. The van der Waals surface area contributed by atoms with Crippen LogP contribution in [0.2, 0.25) is 0 Å². The van der Waals surface area contributed by atoms with E-state index in [1.807, 2.05) is 20.8 Å². The predicted octanol–water partition coefficient (Wildman–Crippen LogP) is 4.36. The van der Waals surface area contributed by atoms with Crippen molar-refractivity contribution in [1.29, 1.82) is 0 Å². The summed E-state index contributed by atoms with van der Waals surface area (Å²) in [6.45, 7) is 5.81. The van der Waals surface area contributed by atoms with Crippen LogP contribution >= 0.6 is 11.8 Å². The van der Waals surface area contributed by atoms with Gasteiger partial charge in [-0.25, -0.2) is 9.50 Å². The van der Waals surface area contributed by atoms with Crippen molar-refractivity contribution >= 4 is 17.5 Å². The fourth-order valence-electron chi connectivity index (χ4n) is 2.28. The highest BCUT2D eigenvalue weighted by Crippen LogP contribution is 2.31. The number of alkyl halides is 3. The van der Waals surface area contributed by atoms with Crippen molar-refractivity contribution in [3.8, 4) is 0 Å². The smallest absolute Gasteiger partial charge is 0.216 e. The number of nitrogens with zero attached hydrogens (tertiary/aromatic N) is 4. The molecule has 2 heterocycles. The Balaban J connectivity index is 1.83. The van der Waals surface area contributed by atoms with Gasteiger partial charge in [0.25, 0.3) is 5.78 Å². The number of aromatic nitrogens is 4. The molecule has 0 fully saturated rings. The fourth-order valence-corrected chi connectivity index (χ4v) is 3.04. The zero-order valence-electron chi connectivity index (χ0n) is 13.3. The Morgan fingerprint density at radius 2 is 1.88 bits per heavy atom. The van der Waals surface area contributed by atoms with Crippen LogP contribution in [0.5, 0.6) is 0 Å². The summed E-state index contributed by atoms with van der Waals surface area (Å²) in [5, 5.41) is 4.88. The lowest BCUT2D eigenvalue weighted by molar-refractivity contribution is -0.137. The number of hydrogen-bond acceptors (Lipinski definition) is 4. The van der Waals surface area contributed by atoms with E-state index in [0.717, 1.165) is 29.1 Å². The van der Waals surface area contributed by atoms with E-state index in [0.29, 0.717) is 22.3 Å². The Bertz CT molecular complexity index is 902. The Kier molecular flexibility index (Phi) is 4.25. The Hall–Kier alpha value is -2.09. The van der Waals surface area contributed by atoms with Gasteiger partial charge in [0.2, 0.25) is 5.16 Å². The second-order valence-corrected chi connectivity index (χ2v) is 6.44. The van der Waals surface area contributed by atoms with Crippen molar-refractivity contribution in [2.75, 3.05) is 0 Å². The summed E-state index contributed by atoms with van der Waals surface area (Å²) in [5.74, 6) is 0.861. The largest absolute Gasteiger partial charge is 0.416 e. The van der Waals surface area contributed by atoms with Gasteiger partial charge in [-0.15, -0.1) is 5.10 Å². The normalized spacial score (nSPS) is 12.1. The topological polar surface area (TPSA) is 43.1 Å². The summed E-state index contributed by atoms with van der Waals surface area (Å²) in [6.07, 6.45) is -4.34. The molecule has 2 aromatic heterocycles. The van der Waals surface area contributed by atoms with Gasteiger partial charge in [-0.05, 0) is 38.0 Å². The Labute approximate surface area is 141 Å². The SMILES string of the molecule is Cc1nc2nc(SCc3cccc(C(F)(F)F)c3)nn2c(C)c1C. The minimum Gasteiger partial charge on any atom is -0.216 e. The molecule has 3 rings (SSSR count). The van der Waals surface area contributed by atoms with Crippen LogP contribution in [0, 0.1) is 20.8 Å². The first kappa shape index (κ1) is 16.8. The molecular weight excluding hydrogens is 337 g/mol. The summed E-state index contributed by atoms with van der Waals surface area (Å²) in [6, 6.07) is 5.29. The molecule has 0 spiro atoms. The number of hydrogen-bond donors (Lipinski definition) is 0. The number of fused-ring (bicyclic) bond motifs is 1. The third kappa shape index (κ3) is 3.24. The van der Waals surface area contributed by atoms with Gasteiger partial charge >= 0.3 is 6.18 Å². The van der Waals surface area contributed by atoms with Gasteiger partial charge in [0.15, 0.2) is 0 Å². The van der Waals surface area contributed by atoms with Crippen molar-refractivity contribution < 1.29 is 13.2 Å². The molecule has 0 aliphatic heterocycles. The molecule has 0 N–H and O–H groups in total. The van der Waals surface area contributed by atoms with Gasteiger partial charge in [-0.1, -0.05) is 30.0 Å². The lowest BCUT2D eigenvalue weighted by atomic mass is 10.1. The summed E-state index contributed by atoms with van der Waals surface area (Å²) >= 11 is 1.29. The molecule has 126 valence electrons. The van der Waals surface area contributed by atoms with Crippen molar-refractivity contribution in [2.45, 2.75) is 37.9 Å². The van der Waals surface area contributed by atoms with Gasteiger partial charge in [0.05, 0.1) is 5.56 Å². The monoisotopic (exact) mass is 352 g/mol. The van der Waals surface area contributed by atoms with Crippen LogP contribution in [0.25, 0.3) is 5.78 Å². The third-order valence-corrected chi connectivity index (χ3v) is 4.77. The summed E-state index contributed by atoms with van der Waals surface area (Å²) in [5.41, 5.74) is 2.82. The van der Waals surface area contributed by atoms with Gasteiger partial charge in [0.1, 0.15) is 0 Å². The number of aryl methyl sites for hydroxylation is 2. The van der Waals surface area contributed by atoms with E-state index in [1.54, 1.807) is 10.6 Å². The van der Waals surface area contributed by atoms with Crippen LogP contribution in [0.4, 0.5) is 13.2 Å². The molecule has 0 saturated carbocycles. The van der Waals surface area contributed by atoms with Crippen LogP contribution in [-0.2, 0) is 11.9 Å². The molecule has 0 aliphatic rings. The molecule has 1 aromatic carbocycles. The number of thioether (sulfide) groups is 1. The predicted molar refractivity (Wildman–Crippen MR) is 86.0 cm³/mol. The Morgan fingerprint density at radius 3 is 2.58 bits per heavy atom. The van der Waals surface area contributed by atoms with Crippen LogP contribution in [0.3, 0.4) is 0 Å². The molecule has 0 aliphatic carbocycles. The molecular formula is C16H15F3N4S. The molecule has 24 heavy (non-hydrogen) atoms. The third-order valence-electron chi connectivity index (χ3n) is 3.86. The van der Waals surface area contributed by atoms with Crippen molar-refractivity contribution in [1.82, 2.24) is 19.6 Å². The quantitative estimate of drug-likeness (QED) is 0.657. The van der Waals surface area contributed by atoms with Crippen molar-refractivity contribution in [2.24, 2.45) is 0 Å². The summed E-state index contributed by atoms with van der Waals surface area (Å²) < 4.78 is 39.9.